The highest BCUT2D eigenvalue weighted by atomic mass is 16.5. The van der Waals surface area contributed by atoms with Crippen molar-refractivity contribution in [2.24, 2.45) is 5.92 Å². The second-order valence-corrected chi connectivity index (χ2v) is 6.93. The van der Waals surface area contributed by atoms with E-state index in [1.54, 1.807) is 29.3 Å². The van der Waals surface area contributed by atoms with Gasteiger partial charge in [-0.3, -0.25) is 18.8 Å². The molecular formula is C19H22N4O4. The van der Waals surface area contributed by atoms with Crippen LogP contribution in [0.25, 0.3) is 5.65 Å². The van der Waals surface area contributed by atoms with Crippen molar-refractivity contribution in [2.45, 2.75) is 12.8 Å². The van der Waals surface area contributed by atoms with Crippen LogP contribution in [0.2, 0.25) is 0 Å². The van der Waals surface area contributed by atoms with Crippen LogP contribution in [0.1, 0.15) is 23.2 Å². The van der Waals surface area contributed by atoms with Gasteiger partial charge in [-0.15, -0.1) is 0 Å². The molecule has 8 heteroatoms. The SMILES string of the molecule is O=C(c1cnc2ccccn2c1=O)N1CCCC(C(=O)N2CCOCC2)C1. The molecule has 0 bridgehead atoms. The molecule has 2 aromatic rings. The fourth-order valence-electron chi connectivity index (χ4n) is 3.75. The van der Waals surface area contributed by atoms with E-state index >= 15 is 0 Å². The van der Waals surface area contributed by atoms with Gasteiger partial charge >= 0.3 is 0 Å². The number of ether oxygens (including phenoxy) is 1. The molecule has 142 valence electrons. The van der Waals surface area contributed by atoms with Crippen LogP contribution < -0.4 is 5.56 Å². The minimum absolute atomic E-state index is 0.0400. The van der Waals surface area contributed by atoms with E-state index in [4.69, 9.17) is 4.74 Å². The van der Waals surface area contributed by atoms with Crippen LogP contribution in [0.5, 0.6) is 0 Å². The molecule has 4 rings (SSSR count). The summed E-state index contributed by atoms with van der Waals surface area (Å²) < 4.78 is 6.67. The van der Waals surface area contributed by atoms with Gasteiger partial charge in [-0.1, -0.05) is 6.07 Å². The van der Waals surface area contributed by atoms with Gasteiger partial charge < -0.3 is 14.5 Å². The van der Waals surface area contributed by atoms with E-state index in [0.29, 0.717) is 45.0 Å². The summed E-state index contributed by atoms with van der Waals surface area (Å²) >= 11 is 0. The van der Waals surface area contributed by atoms with Gasteiger partial charge in [0.1, 0.15) is 11.2 Å². The average molecular weight is 370 g/mol. The average Bonchev–Trinajstić information content (AvgIpc) is 2.74. The molecule has 2 aromatic heterocycles. The molecule has 1 unspecified atom stereocenters. The zero-order valence-corrected chi connectivity index (χ0v) is 15.0. The van der Waals surface area contributed by atoms with E-state index in [1.807, 2.05) is 4.90 Å². The summed E-state index contributed by atoms with van der Waals surface area (Å²) in [6.07, 6.45) is 4.44. The number of fused-ring (bicyclic) bond motifs is 1. The van der Waals surface area contributed by atoms with Gasteiger partial charge in [0.2, 0.25) is 5.91 Å². The molecule has 2 aliphatic heterocycles. The molecule has 8 nitrogen and oxygen atoms in total. The number of nitrogens with zero attached hydrogens (tertiary/aromatic N) is 4. The molecule has 2 saturated heterocycles. The molecule has 0 saturated carbocycles. The van der Waals surface area contributed by atoms with Crippen molar-refractivity contribution < 1.29 is 14.3 Å². The van der Waals surface area contributed by atoms with Gasteiger partial charge in [0.05, 0.1) is 19.1 Å². The third-order valence-electron chi connectivity index (χ3n) is 5.22. The van der Waals surface area contributed by atoms with Gasteiger partial charge in [0, 0.05) is 38.6 Å². The maximum Gasteiger partial charge on any atom is 0.270 e. The second-order valence-electron chi connectivity index (χ2n) is 6.93. The smallest absolute Gasteiger partial charge is 0.270 e. The Morgan fingerprint density at radius 3 is 2.74 bits per heavy atom. The Morgan fingerprint density at radius 1 is 1.11 bits per heavy atom. The Morgan fingerprint density at radius 2 is 1.93 bits per heavy atom. The molecule has 2 aliphatic rings. The molecule has 2 fully saturated rings. The molecule has 4 heterocycles. The number of carbonyl (C=O) groups excluding carboxylic acids is 2. The van der Waals surface area contributed by atoms with E-state index in [0.717, 1.165) is 12.8 Å². The monoisotopic (exact) mass is 370 g/mol. The van der Waals surface area contributed by atoms with E-state index in [1.165, 1.54) is 10.6 Å². The lowest BCUT2D eigenvalue weighted by molar-refractivity contribution is -0.141. The molecule has 0 aromatic carbocycles. The van der Waals surface area contributed by atoms with Gasteiger partial charge in [-0.05, 0) is 25.0 Å². The van der Waals surface area contributed by atoms with Gasteiger partial charge in [0.25, 0.3) is 11.5 Å². The fraction of sp³-hybridized carbons (Fsp3) is 0.474. The highest BCUT2D eigenvalue weighted by Gasteiger charge is 2.33. The second kappa shape index (κ2) is 7.48. The summed E-state index contributed by atoms with van der Waals surface area (Å²) in [6.45, 7) is 3.19. The minimum atomic E-state index is -0.382. The van der Waals surface area contributed by atoms with E-state index in [2.05, 4.69) is 4.98 Å². The minimum Gasteiger partial charge on any atom is -0.378 e. The lowest BCUT2D eigenvalue weighted by Crippen LogP contribution is -2.50. The maximum atomic E-state index is 12.9. The third-order valence-corrected chi connectivity index (χ3v) is 5.22. The molecular weight excluding hydrogens is 348 g/mol. The first kappa shape index (κ1) is 17.7. The predicted molar refractivity (Wildman–Crippen MR) is 97.5 cm³/mol. The number of rotatable bonds is 2. The summed E-state index contributed by atoms with van der Waals surface area (Å²) in [7, 11) is 0. The third kappa shape index (κ3) is 3.44. The zero-order chi connectivity index (χ0) is 18.8. The standard InChI is InChI=1S/C19H22N4O4/c24-17(21-8-10-27-11-9-21)14-4-3-6-22(13-14)18(25)15-12-20-16-5-1-2-7-23(16)19(15)26/h1-2,5,7,12,14H,3-4,6,8-11,13H2. The van der Waals surface area contributed by atoms with Crippen molar-refractivity contribution in [1.82, 2.24) is 19.2 Å². The predicted octanol–water partition coefficient (Wildman–Crippen LogP) is 0.405. The molecule has 27 heavy (non-hydrogen) atoms. The quantitative estimate of drug-likeness (QED) is 0.764. The number of hydrogen-bond donors (Lipinski definition) is 0. The van der Waals surface area contributed by atoms with Crippen molar-refractivity contribution in [2.75, 3.05) is 39.4 Å². The van der Waals surface area contributed by atoms with Crippen molar-refractivity contribution >= 4 is 17.5 Å². The first-order valence-corrected chi connectivity index (χ1v) is 9.27. The highest BCUT2D eigenvalue weighted by molar-refractivity contribution is 5.94. The molecule has 0 aliphatic carbocycles. The summed E-state index contributed by atoms with van der Waals surface area (Å²) in [6, 6.07) is 5.23. The van der Waals surface area contributed by atoms with Gasteiger partial charge in [-0.2, -0.15) is 0 Å². The molecule has 2 amide bonds. The summed E-state index contributed by atoms with van der Waals surface area (Å²) in [5, 5.41) is 0. The fourth-order valence-corrected chi connectivity index (χ4v) is 3.75. The van der Waals surface area contributed by atoms with Crippen molar-refractivity contribution in [3.05, 3.63) is 46.5 Å². The number of piperidine rings is 1. The van der Waals surface area contributed by atoms with Crippen molar-refractivity contribution in [3.8, 4) is 0 Å². The first-order chi connectivity index (χ1) is 13.1. The number of carbonyl (C=O) groups is 2. The molecule has 0 radical (unpaired) electrons. The highest BCUT2D eigenvalue weighted by Crippen LogP contribution is 2.20. The summed E-state index contributed by atoms with van der Waals surface area (Å²) in [5.74, 6) is -0.508. The van der Waals surface area contributed by atoms with Crippen molar-refractivity contribution in [3.63, 3.8) is 0 Å². The Balaban J connectivity index is 1.53. The van der Waals surface area contributed by atoms with E-state index in [-0.39, 0.29) is 28.9 Å². The van der Waals surface area contributed by atoms with Gasteiger partial charge in [-0.25, -0.2) is 4.98 Å². The Kier molecular flexibility index (Phi) is 4.89. The van der Waals surface area contributed by atoms with Crippen molar-refractivity contribution in [1.29, 1.82) is 0 Å². The summed E-state index contributed by atoms with van der Waals surface area (Å²) in [5.41, 5.74) is 0.156. The topological polar surface area (TPSA) is 84.2 Å². The van der Waals surface area contributed by atoms with Crippen LogP contribution in [0.15, 0.2) is 35.4 Å². The molecule has 0 N–H and O–H groups in total. The number of morpholine rings is 1. The first-order valence-electron chi connectivity index (χ1n) is 9.27. The maximum absolute atomic E-state index is 12.9. The van der Waals surface area contributed by atoms with Gasteiger partial charge in [0.15, 0.2) is 0 Å². The largest absolute Gasteiger partial charge is 0.378 e. The van der Waals surface area contributed by atoms with E-state index < -0.39 is 0 Å². The van der Waals surface area contributed by atoms with Crippen LogP contribution >= 0.6 is 0 Å². The lowest BCUT2D eigenvalue weighted by Gasteiger charge is -2.36. The number of hydrogen-bond acceptors (Lipinski definition) is 5. The number of amides is 2. The molecule has 0 spiro atoms. The molecule has 1 atom stereocenters. The van der Waals surface area contributed by atoms with Crippen LogP contribution in [-0.4, -0.2) is 70.4 Å². The van der Waals surface area contributed by atoms with Crippen LogP contribution in [0, 0.1) is 5.92 Å². The number of aromatic nitrogens is 2. The normalized spacial score (nSPS) is 20.7. The zero-order valence-electron chi connectivity index (χ0n) is 15.0. The Hall–Kier alpha value is -2.74. The van der Waals surface area contributed by atoms with Crippen LogP contribution in [0.3, 0.4) is 0 Å². The lowest BCUT2D eigenvalue weighted by atomic mass is 9.96. The number of likely N-dealkylation sites (tertiary alicyclic amines) is 1. The Labute approximate surface area is 156 Å². The van der Waals surface area contributed by atoms with E-state index in [9.17, 15) is 14.4 Å². The Bertz CT molecular complexity index is 919. The summed E-state index contributed by atoms with van der Waals surface area (Å²) in [4.78, 5) is 46.0. The van der Waals surface area contributed by atoms with Crippen LogP contribution in [-0.2, 0) is 9.53 Å². The van der Waals surface area contributed by atoms with Crippen LogP contribution in [0.4, 0.5) is 0 Å². The number of pyridine rings is 1.